The van der Waals surface area contributed by atoms with E-state index in [9.17, 15) is 13.2 Å². The maximum absolute atomic E-state index is 13.2. The van der Waals surface area contributed by atoms with Gasteiger partial charge < -0.3 is 15.0 Å². The fraction of sp³-hybridized carbons (Fsp3) is 0.387. The fourth-order valence-corrected chi connectivity index (χ4v) is 7.34. The average molecular weight is 565 g/mol. The van der Waals surface area contributed by atoms with E-state index in [1.165, 1.54) is 42.7 Å². The molecule has 3 aromatic carbocycles. The van der Waals surface area contributed by atoms with E-state index in [0.29, 0.717) is 29.5 Å². The summed E-state index contributed by atoms with van der Waals surface area (Å²) in [6, 6.07) is 19.0. The molecule has 39 heavy (non-hydrogen) atoms. The average Bonchev–Trinajstić information content (AvgIpc) is 2.96. The van der Waals surface area contributed by atoms with Crippen molar-refractivity contribution in [3.05, 3.63) is 71.8 Å². The van der Waals surface area contributed by atoms with Crippen molar-refractivity contribution in [3.63, 3.8) is 0 Å². The van der Waals surface area contributed by atoms with E-state index >= 15 is 0 Å². The van der Waals surface area contributed by atoms with E-state index in [1.54, 1.807) is 43.0 Å². The standard InChI is InChI=1S/C31H36N2O4S2/c1-3-37-25-13-16-27-30(19-25)38-29-17-12-24(18-28(29)33(27)21-23-8-6-5-7-9-23)31(34)32-20-22-10-14-26(15-11-22)39(35,36)4-2/h10-19,23H,3-9,20-21H2,1-2H3,(H,32,34). The van der Waals surface area contributed by atoms with E-state index < -0.39 is 9.84 Å². The molecule has 206 valence electrons. The Labute approximate surface area is 236 Å². The summed E-state index contributed by atoms with van der Waals surface area (Å²) >= 11 is 1.72. The van der Waals surface area contributed by atoms with E-state index in [1.807, 2.05) is 31.2 Å². The molecule has 0 radical (unpaired) electrons. The number of carbonyl (C=O) groups excluding carboxylic acids is 1. The van der Waals surface area contributed by atoms with Crippen molar-refractivity contribution < 1.29 is 17.9 Å². The van der Waals surface area contributed by atoms with Crippen LogP contribution in [0.2, 0.25) is 0 Å². The summed E-state index contributed by atoms with van der Waals surface area (Å²) in [4.78, 5) is 18.2. The molecular formula is C31H36N2O4S2. The van der Waals surface area contributed by atoms with E-state index in [2.05, 4.69) is 22.3 Å². The highest BCUT2D eigenvalue weighted by Gasteiger charge is 2.28. The van der Waals surface area contributed by atoms with Gasteiger partial charge in [-0.25, -0.2) is 8.42 Å². The zero-order valence-electron chi connectivity index (χ0n) is 22.6. The Morgan fingerprint density at radius 3 is 2.44 bits per heavy atom. The second kappa shape index (κ2) is 12.0. The van der Waals surface area contributed by atoms with Gasteiger partial charge >= 0.3 is 0 Å². The Kier molecular flexibility index (Phi) is 8.52. The van der Waals surface area contributed by atoms with Gasteiger partial charge in [-0.2, -0.15) is 0 Å². The molecule has 0 atom stereocenters. The Balaban J connectivity index is 1.36. The molecule has 6 nitrogen and oxygen atoms in total. The first kappa shape index (κ1) is 27.6. The van der Waals surface area contributed by atoms with Gasteiger partial charge in [0.1, 0.15) is 5.75 Å². The quantitative estimate of drug-likeness (QED) is 0.302. The van der Waals surface area contributed by atoms with Crippen molar-refractivity contribution in [2.24, 2.45) is 5.92 Å². The third kappa shape index (κ3) is 6.28. The molecule has 0 saturated heterocycles. The van der Waals surface area contributed by atoms with Crippen LogP contribution >= 0.6 is 11.8 Å². The van der Waals surface area contributed by atoms with E-state index in [-0.39, 0.29) is 11.7 Å². The number of nitrogens with zero attached hydrogens (tertiary/aromatic N) is 1. The Hall–Kier alpha value is -2.97. The van der Waals surface area contributed by atoms with Gasteiger partial charge in [0.05, 0.1) is 28.6 Å². The van der Waals surface area contributed by atoms with Gasteiger partial charge in [-0.15, -0.1) is 0 Å². The van der Waals surface area contributed by atoms with Crippen molar-refractivity contribution in [1.29, 1.82) is 0 Å². The zero-order valence-corrected chi connectivity index (χ0v) is 24.2. The minimum absolute atomic E-state index is 0.0651. The summed E-state index contributed by atoms with van der Waals surface area (Å²) < 4.78 is 29.9. The molecule has 0 spiro atoms. The Morgan fingerprint density at radius 1 is 0.949 bits per heavy atom. The van der Waals surface area contributed by atoms with Crippen molar-refractivity contribution in [1.82, 2.24) is 5.32 Å². The van der Waals surface area contributed by atoms with Crippen LogP contribution in [-0.2, 0) is 16.4 Å². The number of anilines is 2. The van der Waals surface area contributed by atoms with Crippen LogP contribution in [0.5, 0.6) is 5.75 Å². The van der Waals surface area contributed by atoms with Gasteiger partial charge in [-0.05, 0) is 79.8 Å². The first-order chi connectivity index (χ1) is 18.9. The van der Waals surface area contributed by atoms with Crippen LogP contribution in [0.25, 0.3) is 0 Å². The summed E-state index contributed by atoms with van der Waals surface area (Å²) in [5.41, 5.74) is 3.71. The summed E-state index contributed by atoms with van der Waals surface area (Å²) in [7, 11) is -3.24. The highest BCUT2D eigenvalue weighted by molar-refractivity contribution is 7.99. The van der Waals surface area contributed by atoms with Crippen LogP contribution in [0.1, 0.15) is 61.9 Å². The van der Waals surface area contributed by atoms with Gasteiger partial charge in [0, 0.05) is 28.4 Å². The number of sulfone groups is 1. The van der Waals surface area contributed by atoms with Crippen LogP contribution < -0.4 is 15.0 Å². The lowest BCUT2D eigenvalue weighted by atomic mass is 9.88. The first-order valence-electron chi connectivity index (χ1n) is 13.8. The molecule has 1 fully saturated rings. The number of rotatable bonds is 9. The highest BCUT2D eigenvalue weighted by atomic mass is 32.2. The Morgan fingerprint density at radius 2 is 1.72 bits per heavy atom. The summed E-state index contributed by atoms with van der Waals surface area (Å²) in [6.07, 6.45) is 6.36. The lowest BCUT2D eigenvalue weighted by Gasteiger charge is -2.36. The zero-order chi connectivity index (χ0) is 27.4. The number of hydrogen-bond donors (Lipinski definition) is 1. The SMILES string of the molecule is CCOc1ccc2c(c1)Sc1ccc(C(=O)NCc3ccc(S(=O)(=O)CC)cc3)cc1N2CC1CCCCC1. The fourth-order valence-electron chi connectivity index (χ4n) is 5.35. The van der Waals surface area contributed by atoms with Crippen LogP contribution in [0, 0.1) is 5.92 Å². The summed E-state index contributed by atoms with van der Waals surface area (Å²) in [5, 5.41) is 3.00. The third-order valence-corrected chi connectivity index (χ3v) is 10.4. The molecule has 5 rings (SSSR count). The lowest BCUT2D eigenvalue weighted by molar-refractivity contribution is 0.0951. The molecule has 2 aliphatic rings. The molecule has 0 bridgehead atoms. The number of benzene rings is 3. The summed E-state index contributed by atoms with van der Waals surface area (Å²) in [5.74, 6) is 1.42. The minimum atomic E-state index is -3.24. The molecular weight excluding hydrogens is 528 g/mol. The molecule has 1 saturated carbocycles. The summed E-state index contributed by atoms with van der Waals surface area (Å²) in [6.45, 7) is 5.52. The largest absolute Gasteiger partial charge is 0.494 e. The van der Waals surface area contributed by atoms with Crippen molar-refractivity contribution in [3.8, 4) is 5.75 Å². The van der Waals surface area contributed by atoms with Gasteiger partial charge in [0.2, 0.25) is 0 Å². The molecule has 1 aliphatic carbocycles. The van der Waals surface area contributed by atoms with E-state index in [4.69, 9.17) is 4.74 Å². The topological polar surface area (TPSA) is 75.7 Å². The second-order valence-electron chi connectivity index (χ2n) is 10.2. The highest BCUT2D eigenvalue weighted by Crippen LogP contribution is 2.50. The van der Waals surface area contributed by atoms with Crippen LogP contribution in [-0.4, -0.2) is 33.2 Å². The molecule has 1 heterocycles. The molecule has 3 aromatic rings. The second-order valence-corrected chi connectivity index (χ2v) is 13.6. The normalized spacial score (nSPS) is 15.4. The maximum atomic E-state index is 13.2. The molecule has 1 N–H and O–H groups in total. The molecule has 0 unspecified atom stereocenters. The monoisotopic (exact) mass is 564 g/mol. The van der Waals surface area contributed by atoms with Gasteiger partial charge in [-0.3, -0.25) is 4.79 Å². The number of carbonyl (C=O) groups is 1. The van der Waals surface area contributed by atoms with Crippen LogP contribution in [0.4, 0.5) is 11.4 Å². The van der Waals surface area contributed by atoms with Gasteiger partial charge in [0.15, 0.2) is 9.84 Å². The van der Waals surface area contributed by atoms with Gasteiger partial charge in [0.25, 0.3) is 5.91 Å². The van der Waals surface area contributed by atoms with Crippen molar-refractivity contribution >= 4 is 38.9 Å². The number of fused-ring (bicyclic) bond motifs is 2. The van der Waals surface area contributed by atoms with Crippen molar-refractivity contribution in [2.75, 3.05) is 23.8 Å². The number of ether oxygens (including phenoxy) is 1. The molecule has 1 aliphatic heterocycles. The lowest BCUT2D eigenvalue weighted by Crippen LogP contribution is -2.29. The Bertz CT molecular complexity index is 1430. The number of hydrogen-bond acceptors (Lipinski definition) is 6. The third-order valence-electron chi connectivity index (χ3n) is 7.55. The number of amides is 1. The first-order valence-corrected chi connectivity index (χ1v) is 16.3. The smallest absolute Gasteiger partial charge is 0.251 e. The predicted molar refractivity (Wildman–Crippen MR) is 157 cm³/mol. The van der Waals surface area contributed by atoms with E-state index in [0.717, 1.165) is 28.4 Å². The minimum Gasteiger partial charge on any atom is -0.494 e. The molecule has 8 heteroatoms. The maximum Gasteiger partial charge on any atom is 0.251 e. The number of nitrogens with one attached hydrogen (secondary N) is 1. The van der Waals surface area contributed by atoms with Crippen LogP contribution in [0.15, 0.2) is 75.4 Å². The van der Waals surface area contributed by atoms with Gasteiger partial charge in [-0.1, -0.05) is 50.1 Å². The van der Waals surface area contributed by atoms with Crippen molar-refractivity contribution in [2.45, 2.75) is 67.2 Å². The predicted octanol–water partition coefficient (Wildman–Crippen LogP) is 6.99. The molecule has 1 amide bonds. The van der Waals surface area contributed by atoms with Crippen LogP contribution in [0.3, 0.4) is 0 Å². The molecule has 0 aromatic heterocycles.